The van der Waals surface area contributed by atoms with Gasteiger partial charge in [0, 0.05) is 11.0 Å². The minimum atomic E-state index is 0.822. The molecule has 0 bridgehead atoms. The predicted octanol–water partition coefficient (Wildman–Crippen LogP) is 2.29. The van der Waals surface area contributed by atoms with E-state index in [9.17, 15) is 0 Å². The summed E-state index contributed by atoms with van der Waals surface area (Å²) >= 11 is 3.41. The molecule has 1 aliphatic rings. The molecule has 1 heterocycles. The molecule has 0 spiro atoms. The van der Waals surface area contributed by atoms with Crippen LogP contribution in [0.15, 0.2) is 22.7 Å². The molecule has 0 saturated carbocycles. The molecule has 0 radical (unpaired) electrons. The van der Waals surface area contributed by atoms with Crippen LogP contribution in [0.1, 0.15) is 5.56 Å². The maximum atomic E-state index is 8.75. The summed E-state index contributed by atoms with van der Waals surface area (Å²) in [7, 11) is 0. The van der Waals surface area contributed by atoms with Crippen LogP contribution >= 0.6 is 15.9 Å². The summed E-state index contributed by atoms with van der Waals surface area (Å²) < 4.78 is 1.08. The minimum Gasteiger partial charge on any atom is -0.279 e. The number of rotatable bonds is 0. The fourth-order valence-electron chi connectivity index (χ4n) is 1.47. The second-order valence-corrected chi connectivity index (χ2v) is 3.69. The molecule has 3 heteroatoms. The van der Waals surface area contributed by atoms with E-state index in [1.54, 1.807) is 4.90 Å². The lowest BCUT2D eigenvalue weighted by Crippen LogP contribution is -2.11. The third-order valence-electron chi connectivity index (χ3n) is 2.06. The van der Waals surface area contributed by atoms with E-state index < -0.39 is 0 Å². The van der Waals surface area contributed by atoms with Crippen LogP contribution in [0, 0.1) is 11.5 Å². The van der Waals surface area contributed by atoms with E-state index >= 15 is 0 Å². The van der Waals surface area contributed by atoms with Gasteiger partial charge in [-0.05, 0) is 30.2 Å². The first-order valence-electron chi connectivity index (χ1n) is 3.77. The average Bonchev–Trinajstić information content (AvgIpc) is 2.46. The fourth-order valence-corrected chi connectivity index (χ4v) is 1.88. The van der Waals surface area contributed by atoms with Crippen LogP contribution < -0.4 is 4.90 Å². The van der Waals surface area contributed by atoms with E-state index in [0.29, 0.717) is 0 Å². The van der Waals surface area contributed by atoms with Crippen LogP contribution in [0.3, 0.4) is 0 Å². The highest BCUT2D eigenvalue weighted by Gasteiger charge is 2.17. The number of hydrogen-bond acceptors (Lipinski definition) is 2. The Morgan fingerprint density at radius 1 is 1.50 bits per heavy atom. The second kappa shape index (κ2) is 2.80. The number of anilines is 1. The zero-order valence-electron chi connectivity index (χ0n) is 6.42. The molecule has 1 aromatic carbocycles. The van der Waals surface area contributed by atoms with Gasteiger partial charge in [-0.2, -0.15) is 5.26 Å². The molecule has 0 N–H and O–H groups in total. The number of hydrogen-bond donors (Lipinski definition) is 0. The third kappa shape index (κ3) is 1.09. The predicted molar refractivity (Wildman–Crippen MR) is 50.8 cm³/mol. The zero-order valence-corrected chi connectivity index (χ0v) is 8.00. The second-order valence-electron chi connectivity index (χ2n) is 2.77. The van der Waals surface area contributed by atoms with Crippen molar-refractivity contribution in [2.45, 2.75) is 6.42 Å². The Labute approximate surface area is 79.5 Å². The van der Waals surface area contributed by atoms with Crippen molar-refractivity contribution < 1.29 is 0 Å². The Hall–Kier alpha value is -1.01. The summed E-state index contributed by atoms with van der Waals surface area (Å²) in [6, 6.07) is 6.02. The Morgan fingerprint density at radius 2 is 2.33 bits per heavy atom. The molecule has 1 aliphatic heterocycles. The Bertz CT molecular complexity index is 354. The lowest BCUT2D eigenvalue weighted by atomic mass is 10.2. The van der Waals surface area contributed by atoms with Crippen molar-refractivity contribution in [3.8, 4) is 6.19 Å². The quantitative estimate of drug-likeness (QED) is 0.631. The van der Waals surface area contributed by atoms with E-state index in [2.05, 4.69) is 28.2 Å². The molecular weight excluding hydrogens is 216 g/mol. The van der Waals surface area contributed by atoms with Crippen LogP contribution in [-0.4, -0.2) is 6.54 Å². The molecule has 2 rings (SSSR count). The van der Waals surface area contributed by atoms with Gasteiger partial charge in [-0.25, -0.2) is 0 Å². The van der Waals surface area contributed by atoms with Crippen molar-refractivity contribution in [1.29, 1.82) is 5.26 Å². The minimum absolute atomic E-state index is 0.822. The van der Waals surface area contributed by atoms with Gasteiger partial charge in [0.1, 0.15) is 0 Å². The van der Waals surface area contributed by atoms with Crippen molar-refractivity contribution in [3.05, 3.63) is 28.2 Å². The molecule has 2 nitrogen and oxygen atoms in total. The fraction of sp³-hybridized carbons (Fsp3) is 0.222. The molecule has 0 amide bonds. The smallest absolute Gasteiger partial charge is 0.184 e. The summed E-state index contributed by atoms with van der Waals surface area (Å²) in [6.45, 7) is 0.822. The van der Waals surface area contributed by atoms with Crippen LogP contribution in [0.2, 0.25) is 0 Å². The molecule has 0 fully saturated rings. The normalized spacial score (nSPS) is 14.2. The van der Waals surface area contributed by atoms with Gasteiger partial charge in [0.2, 0.25) is 0 Å². The van der Waals surface area contributed by atoms with Gasteiger partial charge in [-0.3, -0.25) is 4.90 Å². The summed E-state index contributed by atoms with van der Waals surface area (Å²) in [5.41, 5.74) is 2.31. The molecule has 0 aliphatic carbocycles. The molecule has 0 aromatic heterocycles. The largest absolute Gasteiger partial charge is 0.279 e. The van der Waals surface area contributed by atoms with E-state index in [-0.39, 0.29) is 0 Å². The number of nitriles is 1. The summed E-state index contributed by atoms with van der Waals surface area (Å²) in [6.07, 6.45) is 3.13. The van der Waals surface area contributed by atoms with E-state index in [4.69, 9.17) is 5.26 Å². The molecule has 12 heavy (non-hydrogen) atoms. The lowest BCUT2D eigenvalue weighted by Gasteiger charge is -2.06. The highest BCUT2D eigenvalue weighted by atomic mass is 79.9. The van der Waals surface area contributed by atoms with Crippen LogP contribution in [0.4, 0.5) is 5.69 Å². The first-order valence-corrected chi connectivity index (χ1v) is 4.56. The lowest BCUT2D eigenvalue weighted by molar-refractivity contribution is 1.000. The van der Waals surface area contributed by atoms with Gasteiger partial charge in [0.25, 0.3) is 0 Å². The van der Waals surface area contributed by atoms with Crippen LogP contribution in [-0.2, 0) is 6.42 Å². The van der Waals surface area contributed by atoms with Crippen LogP contribution in [0.5, 0.6) is 0 Å². The molecule has 0 unspecified atom stereocenters. The molecular formula is C9H7BrN2. The average molecular weight is 223 g/mol. The van der Waals surface area contributed by atoms with Crippen molar-refractivity contribution in [2.75, 3.05) is 11.4 Å². The van der Waals surface area contributed by atoms with Gasteiger partial charge in [-0.1, -0.05) is 15.9 Å². The maximum Gasteiger partial charge on any atom is 0.184 e. The highest BCUT2D eigenvalue weighted by molar-refractivity contribution is 9.10. The third-order valence-corrected chi connectivity index (χ3v) is 2.55. The van der Waals surface area contributed by atoms with Crippen molar-refractivity contribution in [2.24, 2.45) is 0 Å². The van der Waals surface area contributed by atoms with Gasteiger partial charge < -0.3 is 0 Å². The molecule has 1 aromatic rings. The number of nitrogens with zero attached hydrogens (tertiary/aromatic N) is 2. The Morgan fingerprint density at radius 3 is 3.08 bits per heavy atom. The first-order chi connectivity index (χ1) is 5.81. The summed E-state index contributed by atoms with van der Waals surface area (Å²) in [5.74, 6) is 0. The monoisotopic (exact) mass is 222 g/mol. The topological polar surface area (TPSA) is 27.0 Å². The van der Waals surface area contributed by atoms with E-state index in [0.717, 1.165) is 23.1 Å². The van der Waals surface area contributed by atoms with Gasteiger partial charge >= 0.3 is 0 Å². The number of halogens is 1. The number of benzene rings is 1. The van der Waals surface area contributed by atoms with Gasteiger partial charge in [0.15, 0.2) is 6.19 Å². The SMILES string of the molecule is N#CN1CCc2cc(Br)ccc21. The Kier molecular flexibility index (Phi) is 1.78. The van der Waals surface area contributed by atoms with Crippen LogP contribution in [0.25, 0.3) is 0 Å². The van der Waals surface area contributed by atoms with E-state index in [1.807, 2.05) is 12.1 Å². The van der Waals surface area contributed by atoms with Gasteiger partial charge in [-0.15, -0.1) is 0 Å². The highest BCUT2D eigenvalue weighted by Crippen LogP contribution is 2.29. The molecule has 0 saturated heterocycles. The summed E-state index contributed by atoms with van der Waals surface area (Å²) in [5, 5.41) is 8.75. The zero-order chi connectivity index (χ0) is 8.55. The Balaban J connectivity index is 2.49. The standard InChI is InChI=1S/C9H7BrN2/c10-8-1-2-9-7(5-8)3-4-12(9)6-11/h1-2,5H,3-4H2. The maximum absolute atomic E-state index is 8.75. The first kappa shape index (κ1) is 7.63. The van der Waals surface area contributed by atoms with Crippen molar-refractivity contribution in [1.82, 2.24) is 0 Å². The van der Waals surface area contributed by atoms with E-state index in [1.165, 1.54) is 5.56 Å². The molecule has 0 atom stereocenters. The molecule has 60 valence electrons. The van der Waals surface area contributed by atoms with Crippen molar-refractivity contribution >= 4 is 21.6 Å². The van der Waals surface area contributed by atoms with Crippen molar-refractivity contribution in [3.63, 3.8) is 0 Å². The van der Waals surface area contributed by atoms with Gasteiger partial charge in [0.05, 0.1) is 5.69 Å². The summed E-state index contributed by atoms with van der Waals surface area (Å²) in [4.78, 5) is 1.72. The number of fused-ring (bicyclic) bond motifs is 1.